The molecule has 0 aliphatic carbocycles. The largest absolute Gasteiger partial charge is 0.419 e. The number of amides is 2. The van der Waals surface area contributed by atoms with Crippen LogP contribution in [0.3, 0.4) is 0 Å². The summed E-state index contributed by atoms with van der Waals surface area (Å²) < 4.78 is 52.0. The second-order valence-electron chi connectivity index (χ2n) is 4.93. The standard InChI is InChI=1S/C16H12F4N2O2/c1-9-5-6-10(13(7-9)21-8-23)15(24)22-12-4-2-3-11(14(12)17)16(18,19)20/h2-8H,1H3,(H,21,23)(H,22,24). The van der Waals surface area contributed by atoms with Crippen molar-refractivity contribution in [1.29, 1.82) is 0 Å². The van der Waals surface area contributed by atoms with Gasteiger partial charge in [0.05, 0.1) is 22.5 Å². The van der Waals surface area contributed by atoms with Crippen molar-refractivity contribution in [2.45, 2.75) is 13.1 Å². The van der Waals surface area contributed by atoms with E-state index >= 15 is 0 Å². The predicted octanol–water partition coefficient (Wildman–Crippen LogP) is 3.97. The Balaban J connectivity index is 2.36. The Kier molecular flexibility index (Phi) is 4.87. The number of carbonyl (C=O) groups is 2. The number of rotatable bonds is 4. The second kappa shape index (κ2) is 6.69. The molecular formula is C16H12F4N2O2. The highest BCUT2D eigenvalue weighted by molar-refractivity contribution is 6.09. The molecule has 2 rings (SSSR count). The lowest BCUT2D eigenvalue weighted by Crippen LogP contribution is -2.17. The number of nitrogens with one attached hydrogen (secondary N) is 2. The summed E-state index contributed by atoms with van der Waals surface area (Å²) in [4.78, 5) is 22.8. The van der Waals surface area contributed by atoms with E-state index in [2.05, 4.69) is 10.6 Å². The fraction of sp³-hybridized carbons (Fsp3) is 0.125. The SMILES string of the molecule is Cc1ccc(C(=O)Nc2cccc(C(F)(F)F)c2F)c(NC=O)c1. The van der Waals surface area contributed by atoms with E-state index in [1.54, 1.807) is 13.0 Å². The summed E-state index contributed by atoms with van der Waals surface area (Å²) in [6, 6.07) is 7.04. The van der Waals surface area contributed by atoms with Gasteiger partial charge in [0.1, 0.15) is 0 Å². The number of aryl methyl sites for hydroxylation is 1. The summed E-state index contributed by atoms with van der Waals surface area (Å²) >= 11 is 0. The third-order valence-electron chi connectivity index (χ3n) is 3.19. The average molecular weight is 340 g/mol. The molecule has 0 heterocycles. The van der Waals surface area contributed by atoms with Crippen molar-refractivity contribution in [1.82, 2.24) is 0 Å². The number of alkyl halides is 3. The van der Waals surface area contributed by atoms with Crippen molar-refractivity contribution in [2.24, 2.45) is 0 Å². The van der Waals surface area contributed by atoms with Gasteiger partial charge in [0, 0.05) is 0 Å². The molecular weight excluding hydrogens is 328 g/mol. The van der Waals surface area contributed by atoms with Gasteiger partial charge in [-0.2, -0.15) is 13.2 Å². The van der Waals surface area contributed by atoms with Crippen molar-refractivity contribution >= 4 is 23.7 Å². The van der Waals surface area contributed by atoms with E-state index < -0.39 is 29.2 Å². The van der Waals surface area contributed by atoms with Crippen LogP contribution in [0.25, 0.3) is 0 Å². The highest BCUT2D eigenvalue weighted by Gasteiger charge is 2.35. The van der Waals surface area contributed by atoms with E-state index in [4.69, 9.17) is 0 Å². The van der Waals surface area contributed by atoms with Crippen LogP contribution in [0.1, 0.15) is 21.5 Å². The van der Waals surface area contributed by atoms with Crippen molar-refractivity contribution in [3.05, 3.63) is 58.9 Å². The lowest BCUT2D eigenvalue weighted by atomic mass is 10.1. The van der Waals surface area contributed by atoms with E-state index in [9.17, 15) is 27.2 Å². The average Bonchev–Trinajstić information content (AvgIpc) is 2.48. The normalized spacial score (nSPS) is 11.0. The highest BCUT2D eigenvalue weighted by Crippen LogP contribution is 2.34. The maximum atomic E-state index is 14.0. The predicted molar refractivity (Wildman–Crippen MR) is 80.2 cm³/mol. The topological polar surface area (TPSA) is 58.2 Å². The van der Waals surface area contributed by atoms with Crippen LogP contribution in [-0.2, 0) is 11.0 Å². The first kappa shape index (κ1) is 17.5. The van der Waals surface area contributed by atoms with Gasteiger partial charge in [-0.05, 0) is 36.8 Å². The van der Waals surface area contributed by atoms with Crippen LogP contribution in [0.5, 0.6) is 0 Å². The maximum absolute atomic E-state index is 14.0. The molecule has 2 N–H and O–H groups in total. The molecule has 8 heteroatoms. The number of hydrogen-bond acceptors (Lipinski definition) is 2. The van der Waals surface area contributed by atoms with E-state index in [0.717, 1.165) is 17.7 Å². The number of benzene rings is 2. The Morgan fingerprint density at radius 1 is 1.12 bits per heavy atom. The van der Waals surface area contributed by atoms with Gasteiger partial charge in [0.25, 0.3) is 5.91 Å². The Hall–Kier alpha value is -2.90. The monoisotopic (exact) mass is 340 g/mol. The molecule has 4 nitrogen and oxygen atoms in total. The fourth-order valence-corrected chi connectivity index (χ4v) is 2.08. The van der Waals surface area contributed by atoms with Gasteiger partial charge in [-0.25, -0.2) is 4.39 Å². The minimum atomic E-state index is -4.88. The molecule has 0 spiro atoms. The van der Waals surface area contributed by atoms with Crippen LogP contribution in [0, 0.1) is 12.7 Å². The van der Waals surface area contributed by atoms with E-state index in [1.807, 2.05) is 0 Å². The zero-order valence-corrected chi connectivity index (χ0v) is 12.4. The van der Waals surface area contributed by atoms with Gasteiger partial charge in [-0.1, -0.05) is 12.1 Å². The van der Waals surface area contributed by atoms with E-state index in [-0.39, 0.29) is 11.3 Å². The third kappa shape index (κ3) is 3.70. The van der Waals surface area contributed by atoms with Crippen LogP contribution < -0.4 is 10.6 Å². The summed E-state index contributed by atoms with van der Waals surface area (Å²) in [6.07, 6.45) is -4.52. The van der Waals surface area contributed by atoms with Gasteiger partial charge in [0.2, 0.25) is 6.41 Å². The molecule has 0 aliphatic heterocycles. The molecule has 2 aromatic rings. The lowest BCUT2D eigenvalue weighted by molar-refractivity contribution is -0.139. The molecule has 2 aromatic carbocycles. The molecule has 0 aromatic heterocycles. The molecule has 2 amide bonds. The number of carbonyl (C=O) groups excluding carboxylic acids is 2. The highest BCUT2D eigenvalue weighted by atomic mass is 19.4. The van der Waals surface area contributed by atoms with E-state index in [1.165, 1.54) is 12.1 Å². The van der Waals surface area contributed by atoms with E-state index in [0.29, 0.717) is 12.5 Å². The summed E-state index contributed by atoms with van der Waals surface area (Å²) in [6.45, 7) is 1.73. The Morgan fingerprint density at radius 3 is 2.46 bits per heavy atom. The summed E-state index contributed by atoms with van der Waals surface area (Å²) in [5, 5.41) is 4.41. The molecule has 126 valence electrons. The van der Waals surface area contributed by atoms with Gasteiger partial charge in [-0.3, -0.25) is 9.59 Å². The molecule has 0 fully saturated rings. The minimum Gasteiger partial charge on any atom is -0.328 e. The lowest BCUT2D eigenvalue weighted by Gasteiger charge is -2.13. The molecule has 0 aliphatic rings. The van der Waals surface area contributed by atoms with Gasteiger partial charge < -0.3 is 10.6 Å². The number of anilines is 2. The van der Waals surface area contributed by atoms with Crippen molar-refractivity contribution in [3.8, 4) is 0 Å². The first-order chi connectivity index (χ1) is 11.2. The van der Waals surface area contributed by atoms with Crippen molar-refractivity contribution in [2.75, 3.05) is 10.6 Å². The number of halogens is 4. The van der Waals surface area contributed by atoms with Crippen molar-refractivity contribution in [3.63, 3.8) is 0 Å². The van der Waals surface area contributed by atoms with Crippen LogP contribution in [-0.4, -0.2) is 12.3 Å². The Morgan fingerprint density at radius 2 is 1.83 bits per heavy atom. The fourth-order valence-electron chi connectivity index (χ4n) is 2.08. The first-order valence-corrected chi connectivity index (χ1v) is 6.72. The maximum Gasteiger partial charge on any atom is 0.419 e. The quantitative estimate of drug-likeness (QED) is 0.653. The second-order valence-corrected chi connectivity index (χ2v) is 4.93. The Labute approximate surface area is 134 Å². The first-order valence-electron chi connectivity index (χ1n) is 6.72. The Bertz CT molecular complexity index is 788. The van der Waals surface area contributed by atoms with Crippen LogP contribution in [0.15, 0.2) is 36.4 Å². The molecule has 0 bridgehead atoms. The smallest absolute Gasteiger partial charge is 0.328 e. The molecule has 24 heavy (non-hydrogen) atoms. The van der Waals surface area contributed by atoms with Crippen molar-refractivity contribution < 1.29 is 27.2 Å². The number of hydrogen-bond donors (Lipinski definition) is 2. The minimum absolute atomic E-state index is 0.00971. The van der Waals surface area contributed by atoms with Gasteiger partial charge in [0.15, 0.2) is 5.82 Å². The molecule has 0 unspecified atom stereocenters. The zero-order valence-electron chi connectivity index (χ0n) is 12.4. The van der Waals surface area contributed by atoms with Crippen LogP contribution in [0.2, 0.25) is 0 Å². The molecule has 0 saturated carbocycles. The summed E-state index contributed by atoms with van der Waals surface area (Å²) in [5.41, 5.74) is -1.18. The van der Waals surface area contributed by atoms with Gasteiger partial charge in [-0.15, -0.1) is 0 Å². The van der Waals surface area contributed by atoms with Crippen LogP contribution >= 0.6 is 0 Å². The summed E-state index contributed by atoms with van der Waals surface area (Å²) in [5.74, 6) is -2.42. The van der Waals surface area contributed by atoms with Gasteiger partial charge >= 0.3 is 6.18 Å². The summed E-state index contributed by atoms with van der Waals surface area (Å²) in [7, 11) is 0. The third-order valence-corrected chi connectivity index (χ3v) is 3.19. The molecule has 0 atom stereocenters. The molecule has 0 saturated heterocycles. The zero-order chi connectivity index (χ0) is 17.9. The molecule has 0 radical (unpaired) electrons. The van der Waals surface area contributed by atoms with Crippen LogP contribution in [0.4, 0.5) is 28.9 Å².